The van der Waals surface area contributed by atoms with Gasteiger partial charge < -0.3 is 82.4 Å². The molecule has 0 saturated heterocycles. The van der Waals surface area contributed by atoms with Crippen molar-refractivity contribution in [2.75, 3.05) is 0 Å². The molecule has 23 heteroatoms. The Hall–Kier alpha value is -11.0. The highest BCUT2D eigenvalue weighted by atomic mass is 16.4. The lowest BCUT2D eigenvalue weighted by Gasteiger charge is -2.03. The predicted octanol–water partition coefficient (Wildman–Crippen LogP) is 10.8. The molecule has 0 aromatic heterocycles. The van der Waals surface area contributed by atoms with E-state index in [0.29, 0.717) is 50.4 Å². The number of hydrogen-bond donors (Lipinski definition) is 16. The summed E-state index contributed by atoms with van der Waals surface area (Å²) in [6.45, 7) is 9.22. The Morgan fingerprint density at radius 2 is 0.765 bits per heavy atom. The molecule has 0 saturated carbocycles. The Kier molecular flexibility index (Phi) is 32.4. The van der Waals surface area contributed by atoms with Gasteiger partial charge in [0.15, 0.2) is 0 Å². The predicted molar refractivity (Wildman–Crippen MR) is 308 cm³/mol. The quantitative estimate of drug-likeness (QED) is 0.0325. The number of hydrogen-bond acceptors (Lipinski definition) is 23. The summed E-state index contributed by atoms with van der Waals surface area (Å²) >= 11 is 0. The minimum atomic E-state index is -0.122. The van der Waals surface area contributed by atoms with Gasteiger partial charge in [-0.3, -0.25) is 0 Å². The Balaban J connectivity index is 0.000000473. The summed E-state index contributed by atoms with van der Waals surface area (Å²) < 4.78 is 0. The largest absolute Gasteiger partial charge is 0.508 e. The number of unbranched alkanes of at least 4 members (excludes halogenated alkanes) is 1. The van der Waals surface area contributed by atoms with Crippen molar-refractivity contribution >= 4 is 42.5 Å². The fourth-order valence-corrected chi connectivity index (χ4v) is 6.21. The third-order valence-corrected chi connectivity index (χ3v) is 10.5. The number of phenols is 9. The lowest BCUT2D eigenvalue weighted by molar-refractivity contribution is 0.318. The van der Waals surface area contributed by atoms with Gasteiger partial charge in [0.05, 0.1) is 42.5 Å². The fourth-order valence-electron chi connectivity index (χ4n) is 6.21. The van der Waals surface area contributed by atoms with Crippen LogP contribution in [-0.2, 0) is 12.8 Å². The van der Waals surface area contributed by atoms with Gasteiger partial charge in [0, 0.05) is 51.1 Å². The first-order chi connectivity index (χ1) is 38.8. The molecule has 0 amide bonds. The molecule has 430 valence electrons. The van der Waals surface area contributed by atoms with Crippen LogP contribution in [0.25, 0.3) is 0 Å². The molecule has 16 N–H and O–H groups in total. The van der Waals surface area contributed by atoms with Gasteiger partial charge >= 0.3 is 0 Å². The molecule has 7 aromatic carbocycles. The number of rotatable bonds is 11. The van der Waals surface area contributed by atoms with Gasteiger partial charge in [-0.05, 0) is 136 Å². The Bertz CT molecular complexity index is 3220. The van der Waals surface area contributed by atoms with Crippen LogP contribution in [0.3, 0.4) is 0 Å². The molecule has 7 rings (SSSR count). The summed E-state index contributed by atoms with van der Waals surface area (Å²) in [6.07, 6.45) is 10.1. The zero-order valence-corrected chi connectivity index (χ0v) is 44.8. The summed E-state index contributed by atoms with van der Waals surface area (Å²) in [7, 11) is 0. The summed E-state index contributed by atoms with van der Waals surface area (Å²) in [5, 5.41) is 160. The van der Waals surface area contributed by atoms with E-state index in [0.717, 1.165) is 54.7 Å². The van der Waals surface area contributed by atoms with Crippen molar-refractivity contribution < 1.29 is 82.4 Å². The first-order valence-corrected chi connectivity index (χ1v) is 24.1. The SMILES string of the molecule is C/C(=N\O)c1ccc(O)cc1O.C/C(=N\O)c1ccccc1O.CCCCc1ccc(O)c(/C=N/O)c1.CCc1ccc(O)c(/C=N/O)c1.Cc1ccc(O)c(/C=N/O)c1.O/N=C/c1ccc(O)cc1O.O/N=C/c1ccccc1O. The minimum absolute atomic E-state index is 0.0259. The van der Waals surface area contributed by atoms with Crippen molar-refractivity contribution in [2.24, 2.45) is 36.1 Å². The lowest BCUT2D eigenvalue weighted by Crippen LogP contribution is -1.94. The second-order valence-electron chi connectivity index (χ2n) is 16.4. The van der Waals surface area contributed by atoms with Crippen LogP contribution in [0, 0.1) is 6.92 Å². The van der Waals surface area contributed by atoms with Crippen LogP contribution in [0.2, 0.25) is 0 Å². The van der Waals surface area contributed by atoms with Gasteiger partial charge in [0.2, 0.25) is 0 Å². The zero-order valence-electron chi connectivity index (χ0n) is 44.8. The number of aryl methyl sites for hydroxylation is 3. The molecule has 7 aromatic rings. The van der Waals surface area contributed by atoms with E-state index in [4.69, 9.17) is 62.0 Å². The normalized spacial score (nSPS) is 10.9. The average Bonchev–Trinajstić information content (AvgIpc) is 3.45. The van der Waals surface area contributed by atoms with Crippen molar-refractivity contribution in [3.8, 4) is 51.7 Å². The molecule has 0 aliphatic heterocycles. The molecule has 0 bridgehead atoms. The monoisotopic (exact) mass is 1120 g/mol. The third-order valence-electron chi connectivity index (χ3n) is 10.5. The summed E-state index contributed by atoms with van der Waals surface area (Å²) in [6, 6.07) is 37.0. The summed E-state index contributed by atoms with van der Waals surface area (Å²) in [5.41, 5.74) is 7.39. The molecular weight excluding hydrogens is 1050 g/mol. The second-order valence-corrected chi connectivity index (χ2v) is 16.4. The molecule has 0 unspecified atom stereocenters. The Labute approximate surface area is 466 Å². The molecule has 0 aliphatic rings. The van der Waals surface area contributed by atoms with Crippen LogP contribution in [0.5, 0.6) is 51.7 Å². The molecule has 0 heterocycles. The molecular formula is C58H67N7O16. The number of benzene rings is 7. The number of aromatic hydroxyl groups is 9. The van der Waals surface area contributed by atoms with Crippen molar-refractivity contribution in [2.45, 2.75) is 60.3 Å². The van der Waals surface area contributed by atoms with Gasteiger partial charge in [0.1, 0.15) is 51.7 Å². The van der Waals surface area contributed by atoms with Crippen LogP contribution >= 0.6 is 0 Å². The van der Waals surface area contributed by atoms with E-state index in [1.807, 2.05) is 32.0 Å². The molecule has 23 nitrogen and oxygen atoms in total. The highest BCUT2D eigenvalue weighted by Crippen LogP contribution is 2.24. The van der Waals surface area contributed by atoms with E-state index in [1.54, 1.807) is 92.7 Å². The van der Waals surface area contributed by atoms with Crippen molar-refractivity contribution in [3.63, 3.8) is 0 Å². The Morgan fingerprint density at radius 1 is 0.370 bits per heavy atom. The number of phenolic OH excluding ortho intramolecular Hbond substituents is 9. The van der Waals surface area contributed by atoms with Gasteiger partial charge in [-0.15, -0.1) is 0 Å². The van der Waals surface area contributed by atoms with Crippen molar-refractivity contribution in [1.29, 1.82) is 0 Å². The van der Waals surface area contributed by atoms with E-state index < -0.39 is 0 Å². The van der Waals surface area contributed by atoms with Crippen LogP contribution < -0.4 is 0 Å². The topological polar surface area (TPSA) is 410 Å². The van der Waals surface area contributed by atoms with Gasteiger partial charge in [-0.2, -0.15) is 0 Å². The van der Waals surface area contributed by atoms with E-state index in [-0.39, 0.29) is 51.7 Å². The molecule has 0 spiro atoms. The summed E-state index contributed by atoms with van der Waals surface area (Å²) in [4.78, 5) is 0. The highest BCUT2D eigenvalue weighted by molar-refractivity contribution is 6.01. The molecule has 0 atom stereocenters. The van der Waals surface area contributed by atoms with Gasteiger partial charge in [-0.1, -0.05) is 104 Å². The smallest absolute Gasteiger partial charge is 0.128 e. The number of nitrogens with zero attached hydrogens (tertiary/aromatic N) is 7. The van der Waals surface area contributed by atoms with Crippen molar-refractivity contribution in [1.82, 2.24) is 0 Å². The zero-order chi connectivity index (χ0) is 60.7. The Morgan fingerprint density at radius 3 is 1.22 bits per heavy atom. The molecule has 81 heavy (non-hydrogen) atoms. The first kappa shape index (κ1) is 68.0. The van der Waals surface area contributed by atoms with E-state index >= 15 is 0 Å². The second kappa shape index (κ2) is 38.6. The van der Waals surface area contributed by atoms with E-state index in [2.05, 4.69) is 43.0 Å². The fraction of sp³-hybridized carbons (Fsp3) is 0.155. The third kappa shape index (κ3) is 26.1. The minimum Gasteiger partial charge on any atom is -0.508 e. The standard InChI is InChI=1S/C11H15NO2.C9H11NO2.C8H9NO3.2C8H9NO2.C7H7NO3.C7H7NO2/c1-2-3-4-9-5-6-11(13)10(7-9)8-12-14;1-2-7-3-4-9(11)8(5-7)6-10-12;1-5(9-12)7-3-2-6(10)4-8(7)11;1-6-2-3-8(10)7(4-6)5-9-11;1-6(9-11)7-4-2-3-5-8(7)10;9-6-2-1-5(4-8-11)7(10)3-6;9-7-4-2-1-3-6(7)5-8-10/h5-8,13-14H,2-4H2,1H3;3-6,11-12H,2H2,1H3;2-4,10-12H,1H3;2*2-5,10-11H,1H3;1-4,9-11H;1-5,9-10H/b12-8+;10-6+;2*9-5+;9-6+;8-4+;8-5+. The van der Waals surface area contributed by atoms with Gasteiger partial charge in [-0.25, -0.2) is 0 Å². The number of para-hydroxylation sites is 2. The van der Waals surface area contributed by atoms with Gasteiger partial charge in [0.25, 0.3) is 0 Å². The maximum atomic E-state index is 9.39. The molecule has 0 fully saturated rings. The highest BCUT2D eigenvalue weighted by Gasteiger charge is 2.06. The van der Waals surface area contributed by atoms with Crippen molar-refractivity contribution in [3.05, 3.63) is 195 Å². The van der Waals surface area contributed by atoms with Crippen LogP contribution in [0.4, 0.5) is 0 Å². The summed E-state index contributed by atoms with van der Waals surface area (Å²) in [5.74, 6) is 0.345. The van der Waals surface area contributed by atoms with E-state index in [1.165, 1.54) is 61.3 Å². The first-order valence-electron chi connectivity index (χ1n) is 24.1. The number of oxime groups is 7. The van der Waals surface area contributed by atoms with E-state index in [9.17, 15) is 20.4 Å². The molecule has 0 aliphatic carbocycles. The van der Waals surface area contributed by atoms with Crippen LogP contribution in [-0.4, -0.2) is 125 Å². The maximum absolute atomic E-state index is 9.39. The van der Waals surface area contributed by atoms with Crippen LogP contribution in [0.1, 0.15) is 96.2 Å². The lowest BCUT2D eigenvalue weighted by atomic mass is 10.1. The van der Waals surface area contributed by atoms with Crippen LogP contribution in [0.15, 0.2) is 176 Å². The maximum Gasteiger partial charge on any atom is 0.128 e. The molecule has 0 radical (unpaired) electrons. The average molecular weight is 1120 g/mol.